The Hall–Kier alpha value is -3.53. The molecule has 0 spiro atoms. The Bertz CT molecular complexity index is 1360. The fraction of sp³-hybridized carbons (Fsp3) is 0.200. The highest BCUT2D eigenvalue weighted by atomic mass is 35.5. The zero-order valence-electron chi connectivity index (χ0n) is 18.4. The summed E-state index contributed by atoms with van der Waals surface area (Å²) in [5, 5.41) is 2.69. The summed E-state index contributed by atoms with van der Waals surface area (Å²) in [6, 6.07) is 8.44. The number of halogens is 7. The molecule has 36 heavy (non-hydrogen) atoms. The molecular formula is C25H17ClF6N2O2. The van der Waals surface area contributed by atoms with Crippen LogP contribution in [0.5, 0.6) is 0 Å². The molecule has 188 valence electrons. The standard InChI is InChI=1S/C25H17ClF6N2O2/c26-19-7-4-14-12-34(24(36)17-6-5-15(27)11-20(17)28)9-8-16(14)23(19)33-21(35)10-13-2-1-3-18(22(13)29)25(30,31)32/h1-7,11H,8-10,12H2,(H,33,35). The van der Waals surface area contributed by atoms with E-state index in [1.807, 2.05) is 0 Å². The summed E-state index contributed by atoms with van der Waals surface area (Å²) in [6.45, 7) is 0.182. The van der Waals surface area contributed by atoms with Crippen molar-refractivity contribution in [2.75, 3.05) is 11.9 Å². The van der Waals surface area contributed by atoms with E-state index in [2.05, 4.69) is 5.32 Å². The van der Waals surface area contributed by atoms with Gasteiger partial charge in [-0.15, -0.1) is 0 Å². The molecule has 0 radical (unpaired) electrons. The number of anilines is 1. The lowest BCUT2D eigenvalue weighted by atomic mass is 9.96. The molecule has 1 aliphatic heterocycles. The van der Waals surface area contributed by atoms with E-state index in [0.717, 1.165) is 24.3 Å². The van der Waals surface area contributed by atoms with Crippen molar-refractivity contribution < 1.29 is 35.9 Å². The van der Waals surface area contributed by atoms with Gasteiger partial charge in [-0.25, -0.2) is 13.2 Å². The van der Waals surface area contributed by atoms with Crippen LogP contribution < -0.4 is 5.32 Å². The highest BCUT2D eigenvalue weighted by Gasteiger charge is 2.35. The number of nitrogens with one attached hydrogen (secondary N) is 1. The number of alkyl halides is 3. The minimum absolute atomic E-state index is 0.0489. The van der Waals surface area contributed by atoms with E-state index >= 15 is 0 Å². The minimum Gasteiger partial charge on any atom is -0.334 e. The number of rotatable bonds is 4. The Labute approximate surface area is 206 Å². The molecule has 11 heteroatoms. The zero-order chi connectivity index (χ0) is 26.2. The SMILES string of the molecule is O=C(Cc1cccc(C(F)(F)F)c1F)Nc1c(Cl)ccc2c1CCN(C(=O)c1ccc(F)cc1F)C2. The summed E-state index contributed by atoms with van der Waals surface area (Å²) in [7, 11) is 0. The van der Waals surface area contributed by atoms with Crippen molar-refractivity contribution in [3.8, 4) is 0 Å². The average molecular weight is 527 g/mol. The van der Waals surface area contributed by atoms with Crippen molar-refractivity contribution in [1.29, 1.82) is 0 Å². The molecule has 0 saturated carbocycles. The van der Waals surface area contributed by atoms with Gasteiger partial charge in [-0.2, -0.15) is 13.2 Å². The first-order valence-corrected chi connectivity index (χ1v) is 11.0. The number of fused-ring (bicyclic) bond motifs is 1. The molecule has 1 N–H and O–H groups in total. The smallest absolute Gasteiger partial charge is 0.334 e. The van der Waals surface area contributed by atoms with Gasteiger partial charge in [-0.05, 0) is 47.4 Å². The maximum absolute atomic E-state index is 14.3. The van der Waals surface area contributed by atoms with Crippen LogP contribution in [-0.2, 0) is 30.4 Å². The molecular weight excluding hydrogens is 510 g/mol. The predicted molar refractivity (Wildman–Crippen MR) is 120 cm³/mol. The van der Waals surface area contributed by atoms with Gasteiger partial charge < -0.3 is 10.2 Å². The molecule has 3 aromatic rings. The highest BCUT2D eigenvalue weighted by molar-refractivity contribution is 6.34. The van der Waals surface area contributed by atoms with E-state index in [1.165, 1.54) is 11.0 Å². The summed E-state index contributed by atoms with van der Waals surface area (Å²) in [5.41, 5.74) is -0.797. The lowest BCUT2D eigenvalue weighted by Gasteiger charge is -2.30. The topological polar surface area (TPSA) is 49.4 Å². The second kappa shape index (κ2) is 9.85. The Morgan fingerprint density at radius 1 is 1.03 bits per heavy atom. The molecule has 0 unspecified atom stereocenters. The molecule has 0 aliphatic carbocycles. The first-order chi connectivity index (χ1) is 17.0. The van der Waals surface area contributed by atoms with Crippen LogP contribution in [0.25, 0.3) is 0 Å². The number of hydrogen-bond donors (Lipinski definition) is 1. The molecule has 0 fully saturated rings. The van der Waals surface area contributed by atoms with Gasteiger partial charge in [0, 0.05) is 19.2 Å². The van der Waals surface area contributed by atoms with Gasteiger partial charge in [0.05, 0.1) is 28.3 Å². The number of carbonyl (C=O) groups is 2. The number of carbonyl (C=O) groups excluding carboxylic acids is 2. The normalized spacial score (nSPS) is 13.4. The van der Waals surface area contributed by atoms with E-state index in [4.69, 9.17) is 11.6 Å². The number of hydrogen-bond acceptors (Lipinski definition) is 2. The number of benzene rings is 3. The quantitative estimate of drug-likeness (QED) is 0.414. The molecule has 0 saturated heterocycles. The molecule has 2 amide bonds. The Morgan fingerprint density at radius 2 is 1.78 bits per heavy atom. The summed E-state index contributed by atoms with van der Waals surface area (Å²) < 4.78 is 80.5. The van der Waals surface area contributed by atoms with Crippen molar-refractivity contribution in [2.24, 2.45) is 0 Å². The minimum atomic E-state index is -4.90. The van der Waals surface area contributed by atoms with Gasteiger partial charge >= 0.3 is 6.18 Å². The number of amides is 2. The van der Waals surface area contributed by atoms with Gasteiger partial charge in [0.15, 0.2) is 0 Å². The van der Waals surface area contributed by atoms with Crippen LogP contribution in [0.3, 0.4) is 0 Å². The van der Waals surface area contributed by atoms with Gasteiger partial charge in [0.1, 0.15) is 17.5 Å². The van der Waals surface area contributed by atoms with Gasteiger partial charge in [-0.1, -0.05) is 29.8 Å². The Morgan fingerprint density at radius 3 is 2.47 bits per heavy atom. The second-order valence-electron chi connectivity index (χ2n) is 8.16. The van der Waals surface area contributed by atoms with Gasteiger partial charge in [0.2, 0.25) is 5.91 Å². The molecule has 1 aliphatic rings. The Kier molecular flexibility index (Phi) is 6.99. The number of nitrogens with zero attached hydrogens (tertiary/aromatic N) is 1. The predicted octanol–water partition coefficient (Wildman–Crippen LogP) is 6.16. The fourth-order valence-electron chi connectivity index (χ4n) is 4.06. The zero-order valence-corrected chi connectivity index (χ0v) is 19.1. The lowest BCUT2D eigenvalue weighted by Crippen LogP contribution is -2.37. The average Bonchev–Trinajstić information content (AvgIpc) is 2.81. The van der Waals surface area contributed by atoms with E-state index in [9.17, 15) is 35.9 Å². The van der Waals surface area contributed by atoms with Crippen molar-refractivity contribution in [3.63, 3.8) is 0 Å². The molecule has 0 bridgehead atoms. The van der Waals surface area contributed by atoms with Crippen LogP contribution in [0.2, 0.25) is 5.02 Å². The van der Waals surface area contributed by atoms with Crippen molar-refractivity contribution >= 4 is 29.1 Å². The third-order valence-electron chi connectivity index (χ3n) is 5.80. The van der Waals surface area contributed by atoms with Crippen molar-refractivity contribution in [2.45, 2.75) is 25.6 Å². The Balaban J connectivity index is 1.53. The molecule has 4 rings (SSSR count). The summed E-state index contributed by atoms with van der Waals surface area (Å²) in [4.78, 5) is 26.7. The van der Waals surface area contributed by atoms with Crippen LogP contribution in [-0.4, -0.2) is 23.3 Å². The summed E-state index contributed by atoms with van der Waals surface area (Å²) >= 11 is 6.25. The third-order valence-corrected chi connectivity index (χ3v) is 6.12. The van der Waals surface area contributed by atoms with Crippen molar-refractivity contribution in [3.05, 3.63) is 98.8 Å². The van der Waals surface area contributed by atoms with Crippen LogP contribution >= 0.6 is 11.6 Å². The van der Waals surface area contributed by atoms with E-state index < -0.39 is 53.0 Å². The van der Waals surface area contributed by atoms with Crippen LogP contribution in [0.4, 0.5) is 32.0 Å². The molecule has 3 aromatic carbocycles. The van der Waals surface area contributed by atoms with Crippen LogP contribution in [0.15, 0.2) is 48.5 Å². The summed E-state index contributed by atoms with van der Waals surface area (Å²) in [5.74, 6) is -4.75. The molecule has 4 nitrogen and oxygen atoms in total. The van der Waals surface area contributed by atoms with Crippen LogP contribution in [0, 0.1) is 17.5 Å². The monoisotopic (exact) mass is 526 g/mol. The largest absolute Gasteiger partial charge is 0.419 e. The maximum atomic E-state index is 14.3. The second-order valence-corrected chi connectivity index (χ2v) is 8.57. The first-order valence-electron chi connectivity index (χ1n) is 10.6. The van der Waals surface area contributed by atoms with Crippen molar-refractivity contribution in [1.82, 2.24) is 4.90 Å². The summed E-state index contributed by atoms with van der Waals surface area (Å²) in [6.07, 6.45) is -5.35. The lowest BCUT2D eigenvalue weighted by molar-refractivity contribution is -0.140. The van der Waals surface area contributed by atoms with E-state index in [0.29, 0.717) is 23.3 Å². The molecule has 0 aromatic heterocycles. The van der Waals surface area contributed by atoms with Gasteiger partial charge in [-0.3, -0.25) is 9.59 Å². The van der Waals surface area contributed by atoms with Crippen LogP contribution in [0.1, 0.15) is 32.6 Å². The maximum Gasteiger partial charge on any atom is 0.419 e. The first kappa shape index (κ1) is 25.6. The van der Waals surface area contributed by atoms with E-state index in [-0.39, 0.29) is 35.8 Å². The fourth-order valence-corrected chi connectivity index (χ4v) is 4.29. The third kappa shape index (κ3) is 5.18. The van der Waals surface area contributed by atoms with Gasteiger partial charge in [0.25, 0.3) is 5.91 Å². The molecule has 1 heterocycles. The molecule has 0 atom stereocenters. The van der Waals surface area contributed by atoms with E-state index in [1.54, 1.807) is 6.07 Å². The highest BCUT2D eigenvalue weighted by Crippen LogP contribution is 2.35.